The molecule has 2 atom stereocenters. The number of aromatic nitrogens is 1. The van der Waals surface area contributed by atoms with Crippen LogP contribution in [0.1, 0.15) is 16.9 Å². The van der Waals surface area contributed by atoms with Crippen LogP contribution in [0.5, 0.6) is 0 Å². The van der Waals surface area contributed by atoms with Gasteiger partial charge in [-0.3, -0.25) is 9.69 Å². The predicted octanol–water partition coefficient (Wildman–Crippen LogP) is 2.99. The zero-order chi connectivity index (χ0) is 18.6. The Balaban J connectivity index is 1.39. The Labute approximate surface area is 171 Å². The lowest BCUT2D eigenvalue weighted by molar-refractivity contribution is 0.00165. The molecule has 4 heterocycles. The maximum atomic E-state index is 12.6. The van der Waals surface area contributed by atoms with E-state index >= 15 is 0 Å². The number of nitrogens with one attached hydrogen (secondary N) is 1. The predicted molar refractivity (Wildman–Crippen MR) is 108 cm³/mol. The molecule has 0 radical (unpaired) electrons. The van der Waals surface area contributed by atoms with Crippen LogP contribution in [0.4, 0.5) is 0 Å². The SMILES string of the molecule is O=C(NCC(C1CCOC1)N1CCOCC1)c1csc(-c2ccc(Cl)s2)n1. The van der Waals surface area contributed by atoms with Crippen molar-refractivity contribution in [1.29, 1.82) is 0 Å². The first-order valence-electron chi connectivity index (χ1n) is 9.09. The van der Waals surface area contributed by atoms with Gasteiger partial charge in [0.1, 0.15) is 10.7 Å². The van der Waals surface area contributed by atoms with Gasteiger partial charge in [0.15, 0.2) is 0 Å². The summed E-state index contributed by atoms with van der Waals surface area (Å²) in [6.45, 7) is 5.46. The maximum Gasteiger partial charge on any atom is 0.270 e. The highest BCUT2D eigenvalue weighted by atomic mass is 35.5. The van der Waals surface area contributed by atoms with Crippen LogP contribution in [0.2, 0.25) is 4.34 Å². The van der Waals surface area contributed by atoms with Crippen LogP contribution in [0.3, 0.4) is 0 Å². The van der Waals surface area contributed by atoms with Gasteiger partial charge in [-0.15, -0.1) is 22.7 Å². The number of halogens is 1. The molecule has 2 fully saturated rings. The number of nitrogens with zero attached hydrogens (tertiary/aromatic N) is 2. The number of carbonyl (C=O) groups excluding carboxylic acids is 1. The molecular formula is C18H22ClN3O3S2. The molecule has 6 nitrogen and oxygen atoms in total. The van der Waals surface area contributed by atoms with Gasteiger partial charge in [0.25, 0.3) is 5.91 Å². The van der Waals surface area contributed by atoms with Gasteiger partial charge in [0.05, 0.1) is 29.0 Å². The minimum atomic E-state index is -0.127. The van der Waals surface area contributed by atoms with Crippen molar-refractivity contribution in [2.24, 2.45) is 5.92 Å². The Morgan fingerprint density at radius 3 is 2.89 bits per heavy atom. The van der Waals surface area contributed by atoms with Gasteiger partial charge in [0, 0.05) is 43.6 Å². The van der Waals surface area contributed by atoms with Gasteiger partial charge in [-0.2, -0.15) is 0 Å². The van der Waals surface area contributed by atoms with E-state index in [1.807, 2.05) is 12.1 Å². The summed E-state index contributed by atoms with van der Waals surface area (Å²) in [5.74, 6) is 0.319. The summed E-state index contributed by atoms with van der Waals surface area (Å²) in [4.78, 5) is 20.5. The Bertz CT molecular complexity index is 769. The average molecular weight is 428 g/mol. The van der Waals surface area contributed by atoms with Crippen LogP contribution in [0.15, 0.2) is 17.5 Å². The molecule has 2 saturated heterocycles. The summed E-state index contributed by atoms with van der Waals surface area (Å²) >= 11 is 8.93. The fourth-order valence-electron chi connectivity index (χ4n) is 3.57. The zero-order valence-electron chi connectivity index (χ0n) is 14.9. The number of carbonyl (C=O) groups is 1. The number of morpholine rings is 1. The van der Waals surface area contributed by atoms with Crippen molar-refractivity contribution in [3.05, 3.63) is 27.5 Å². The van der Waals surface area contributed by atoms with Gasteiger partial charge in [-0.05, 0) is 18.6 Å². The molecule has 2 aromatic heterocycles. The lowest BCUT2D eigenvalue weighted by Gasteiger charge is -2.37. The van der Waals surface area contributed by atoms with E-state index in [9.17, 15) is 4.79 Å². The smallest absolute Gasteiger partial charge is 0.270 e. The molecule has 2 aliphatic heterocycles. The quantitative estimate of drug-likeness (QED) is 0.767. The van der Waals surface area contributed by atoms with E-state index in [1.165, 1.54) is 22.7 Å². The number of ether oxygens (including phenoxy) is 2. The van der Waals surface area contributed by atoms with E-state index in [1.54, 1.807) is 5.38 Å². The molecule has 4 rings (SSSR count). The summed E-state index contributed by atoms with van der Waals surface area (Å²) < 4.78 is 11.8. The number of thiophene rings is 1. The van der Waals surface area contributed by atoms with Crippen LogP contribution in [0, 0.1) is 5.92 Å². The van der Waals surface area contributed by atoms with Crippen LogP contribution < -0.4 is 5.32 Å². The largest absolute Gasteiger partial charge is 0.381 e. The lowest BCUT2D eigenvalue weighted by atomic mass is 9.97. The highest BCUT2D eigenvalue weighted by Gasteiger charge is 2.32. The van der Waals surface area contributed by atoms with Crippen molar-refractivity contribution in [3.8, 4) is 9.88 Å². The van der Waals surface area contributed by atoms with Crippen LogP contribution in [-0.2, 0) is 9.47 Å². The van der Waals surface area contributed by atoms with Gasteiger partial charge in [0.2, 0.25) is 0 Å². The summed E-state index contributed by atoms with van der Waals surface area (Å²) in [7, 11) is 0. The van der Waals surface area contributed by atoms with Crippen molar-refractivity contribution in [2.75, 3.05) is 46.1 Å². The summed E-state index contributed by atoms with van der Waals surface area (Å²) in [6, 6.07) is 4.05. The van der Waals surface area contributed by atoms with E-state index in [2.05, 4.69) is 15.2 Å². The van der Waals surface area contributed by atoms with E-state index in [0.717, 1.165) is 60.2 Å². The van der Waals surface area contributed by atoms with Gasteiger partial charge >= 0.3 is 0 Å². The normalized spacial score (nSPS) is 22.0. The second-order valence-electron chi connectivity index (χ2n) is 6.69. The molecule has 0 aromatic carbocycles. The van der Waals surface area contributed by atoms with Crippen molar-refractivity contribution < 1.29 is 14.3 Å². The molecule has 0 saturated carbocycles. The van der Waals surface area contributed by atoms with Gasteiger partial charge in [-0.25, -0.2) is 4.98 Å². The maximum absolute atomic E-state index is 12.6. The van der Waals surface area contributed by atoms with Crippen molar-refractivity contribution in [1.82, 2.24) is 15.2 Å². The first kappa shape index (κ1) is 19.3. The van der Waals surface area contributed by atoms with Crippen LogP contribution in [0.25, 0.3) is 9.88 Å². The number of hydrogen-bond acceptors (Lipinski definition) is 7. The topological polar surface area (TPSA) is 63.7 Å². The molecule has 0 bridgehead atoms. The number of hydrogen-bond donors (Lipinski definition) is 1. The van der Waals surface area contributed by atoms with Crippen molar-refractivity contribution in [2.45, 2.75) is 12.5 Å². The molecule has 2 aliphatic rings. The summed E-state index contributed by atoms with van der Waals surface area (Å²) in [6.07, 6.45) is 1.04. The molecule has 1 N–H and O–H groups in total. The molecule has 0 aliphatic carbocycles. The first-order valence-corrected chi connectivity index (χ1v) is 11.2. The van der Waals surface area contributed by atoms with Crippen LogP contribution >= 0.6 is 34.3 Å². The third kappa shape index (κ3) is 4.70. The van der Waals surface area contributed by atoms with Crippen LogP contribution in [-0.4, -0.2) is 67.9 Å². The third-order valence-corrected chi connectivity index (χ3v) is 7.26. The highest BCUT2D eigenvalue weighted by Crippen LogP contribution is 2.33. The summed E-state index contributed by atoms with van der Waals surface area (Å²) in [5.41, 5.74) is 0.461. The Kier molecular flexibility index (Phi) is 6.42. The standard InChI is InChI=1S/C18H22ClN3O3S2/c19-16-2-1-15(27-16)18-21-13(11-26-18)17(23)20-9-14(12-3-6-25-10-12)22-4-7-24-8-5-22/h1-2,11-12,14H,3-10H2,(H,20,23). The highest BCUT2D eigenvalue weighted by molar-refractivity contribution is 7.23. The van der Waals surface area contributed by atoms with E-state index < -0.39 is 0 Å². The number of amides is 1. The Hall–Kier alpha value is -1.03. The van der Waals surface area contributed by atoms with E-state index in [-0.39, 0.29) is 11.9 Å². The number of thiazole rings is 1. The monoisotopic (exact) mass is 427 g/mol. The molecule has 2 unspecified atom stereocenters. The third-order valence-electron chi connectivity index (χ3n) is 5.02. The van der Waals surface area contributed by atoms with Crippen molar-refractivity contribution in [3.63, 3.8) is 0 Å². The number of rotatable bonds is 6. The second kappa shape index (κ2) is 8.98. The fourth-order valence-corrected chi connectivity index (χ4v) is 5.48. The zero-order valence-corrected chi connectivity index (χ0v) is 17.2. The van der Waals surface area contributed by atoms with E-state index in [4.69, 9.17) is 21.1 Å². The molecule has 9 heteroatoms. The van der Waals surface area contributed by atoms with Gasteiger partial charge < -0.3 is 14.8 Å². The Morgan fingerprint density at radius 1 is 1.33 bits per heavy atom. The minimum Gasteiger partial charge on any atom is -0.381 e. The van der Waals surface area contributed by atoms with E-state index in [0.29, 0.717) is 18.2 Å². The second-order valence-corrected chi connectivity index (χ2v) is 9.26. The fraction of sp³-hybridized carbons (Fsp3) is 0.556. The molecule has 0 spiro atoms. The first-order chi connectivity index (χ1) is 13.2. The summed E-state index contributed by atoms with van der Waals surface area (Å²) in [5, 5.41) is 5.72. The Morgan fingerprint density at radius 2 is 2.19 bits per heavy atom. The lowest BCUT2D eigenvalue weighted by Crippen LogP contribution is -2.52. The van der Waals surface area contributed by atoms with Crippen molar-refractivity contribution >= 4 is 40.2 Å². The molecular weight excluding hydrogens is 406 g/mol. The molecule has 27 heavy (non-hydrogen) atoms. The van der Waals surface area contributed by atoms with Gasteiger partial charge in [-0.1, -0.05) is 11.6 Å². The minimum absolute atomic E-state index is 0.127. The average Bonchev–Trinajstić information content (AvgIpc) is 3.44. The molecule has 1 amide bonds. The molecule has 146 valence electrons. The molecule has 2 aromatic rings.